The van der Waals surface area contributed by atoms with Crippen molar-refractivity contribution in [1.29, 1.82) is 0 Å². The Hall–Kier alpha value is -3.16. The van der Waals surface area contributed by atoms with Crippen LogP contribution in [0.2, 0.25) is 0 Å². The lowest BCUT2D eigenvalue weighted by molar-refractivity contribution is -0.130. The molecule has 0 unspecified atom stereocenters. The molecule has 3 aromatic rings. The fraction of sp³-hybridized carbons (Fsp3) is 0.400. The van der Waals surface area contributed by atoms with Crippen LogP contribution in [0.15, 0.2) is 24.3 Å². The second-order valence-electron chi connectivity index (χ2n) is 7.27. The molecule has 0 spiro atoms. The Kier molecular flexibility index (Phi) is 4.62. The number of nitrogen functional groups attached to an aromatic ring is 1. The Morgan fingerprint density at radius 1 is 1.07 bits per heavy atom. The minimum absolute atomic E-state index is 0.116. The number of benzene rings is 1. The molecule has 4 rings (SSSR count). The Bertz CT molecular complexity index is 1030. The van der Waals surface area contributed by atoms with Crippen molar-refractivity contribution < 1.29 is 4.79 Å². The lowest BCUT2D eigenvalue weighted by Crippen LogP contribution is -2.49. The van der Waals surface area contributed by atoms with Gasteiger partial charge in [-0.3, -0.25) is 4.79 Å². The molecule has 1 aromatic carbocycles. The van der Waals surface area contributed by atoms with Crippen LogP contribution >= 0.6 is 0 Å². The number of hydrogen-bond donors (Lipinski definition) is 1. The molecule has 2 aromatic heterocycles. The van der Waals surface area contributed by atoms with Gasteiger partial charge in [0, 0.05) is 48.8 Å². The van der Waals surface area contributed by atoms with Crippen molar-refractivity contribution in [2.45, 2.75) is 27.2 Å². The van der Waals surface area contributed by atoms with Crippen LogP contribution in [-0.4, -0.2) is 56.6 Å². The van der Waals surface area contributed by atoms with Crippen molar-refractivity contribution in [2.75, 3.05) is 36.8 Å². The SMILES string of the molecule is Cc1ccccc1N1CCN(C(=O)Cc2c(C)nc3nc(N)nn3c2C)CC1. The second kappa shape index (κ2) is 7.10. The number of para-hydroxylation sites is 1. The number of aromatic nitrogens is 4. The largest absolute Gasteiger partial charge is 0.368 e. The highest BCUT2D eigenvalue weighted by molar-refractivity contribution is 5.79. The summed E-state index contributed by atoms with van der Waals surface area (Å²) in [7, 11) is 0. The Morgan fingerprint density at radius 2 is 1.79 bits per heavy atom. The fourth-order valence-electron chi connectivity index (χ4n) is 3.86. The third kappa shape index (κ3) is 3.26. The van der Waals surface area contributed by atoms with Gasteiger partial charge in [0.05, 0.1) is 6.42 Å². The zero-order valence-corrected chi connectivity index (χ0v) is 16.5. The molecule has 8 heteroatoms. The predicted molar refractivity (Wildman–Crippen MR) is 108 cm³/mol. The van der Waals surface area contributed by atoms with E-state index in [9.17, 15) is 4.79 Å². The van der Waals surface area contributed by atoms with Crippen LogP contribution < -0.4 is 10.6 Å². The number of amides is 1. The first-order chi connectivity index (χ1) is 13.4. The molecular weight excluding hydrogens is 354 g/mol. The van der Waals surface area contributed by atoms with E-state index in [4.69, 9.17) is 5.73 Å². The fourth-order valence-corrected chi connectivity index (χ4v) is 3.86. The van der Waals surface area contributed by atoms with Crippen LogP contribution in [0.3, 0.4) is 0 Å². The molecule has 1 aliphatic rings. The minimum atomic E-state index is 0.116. The van der Waals surface area contributed by atoms with E-state index in [1.807, 2.05) is 18.7 Å². The normalized spacial score (nSPS) is 14.7. The summed E-state index contributed by atoms with van der Waals surface area (Å²) in [6, 6.07) is 8.38. The summed E-state index contributed by atoms with van der Waals surface area (Å²) < 4.78 is 1.61. The van der Waals surface area contributed by atoms with Crippen molar-refractivity contribution in [1.82, 2.24) is 24.5 Å². The highest BCUT2D eigenvalue weighted by Crippen LogP contribution is 2.21. The Balaban J connectivity index is 1.47. The summed E-state index contributed by atoms with van der Waals surface area (Å²) in [5.41, 5.74) is 10.7. The minimum Gasteiger partial charge on any atom is -0.368 e. The number of anilines is 2. The van der Waals surface area contributed by atoms with E-state index in [-0.39, 0.29) is 11.9 Å². The molecule has 0 saturated carbocycles. The molecule has 1 fully saturated rings. The topological polar surface area (TPSA) is 92.6 Å². The first kappa shape index (κ1) is 18.2. The summed E-state index contributed by atoms with van der Waals surface area (Å²) >= 11 is 0. The Morgan fingerprint density at radius 3 is 2.50 bits per heavy atom. The van der Waals surface area contributed by atoms with Gasteiger partial charge in [-0.05, 0) is 32.4 Å². The van der Waals surface area contributed by atoms with Crippen molar-refractivity contribution in [3.8, 4) is 0 Å². The number of nitrogens with zero attached hydrogens (tertiary/aromatic N) is 6. The average Bonchev–Trinajstić information content (AvgIpc) is 3.06. The van der Waals surface area contributed by atoms with Gasteiger partial charge in [-0.2, -0.15) is 9.50 Å². The van der Waals surface area contributed by atoms with E-state index in [2.05, 4.69) is 51.2 Å². The number of aryl methyl sites for hydroxylation is 3. The zero-order chi connectivity index (χ0) is 19.8. The van der Waals surface area contributed by atoms with Gasteiger partial charge < -0.3 is 15.5 Å². The van der Waals surface area contributed by atoms with E-state index in [1.54, 1.807) is 4.52 Å². The van der Waals surface area contributed by atoms with Crippen LogP contribution in [0.25, 0.3) is 5.78 Å². The number of piperazine rings is 1. The van der Waals surface area contributed by atoms with E-state index in [0.29, 0.717) is 12.2 Å². The Labute approximate surface area is 164 Å². The molecule has 146 valence electrons. The van der Waals surface area contributed by atoms with E-state index in [0.717, 1.165) is 43.1 Å². The number of carbonyl (C=O) groups excluding carboxylic acids is 1. The zero-order valence-electron chi connectivity index (χ0n) is 16.5. The van der Waals surface area contributed by atoms with Crippen molar-refractivity contribution >= 4 is 23.3 Å². The van der Waals surface area contributed by atoms with Gasteiger partial charge in [-0.1, -0.05) is 18.2 Å². The van der Waals surface area contributed by atoms with Crippen LogP contribution in [-0.2, 0) is 11.2 Å². The number of nitrogens with two attached hydrogens (primary N) is 1. The van der Waals surface area contributed by atoms with Crippen LogP contribution in [0.5, 0.6) is 0 Å². The molecule has 0 radical (unpaired) electrons. The third-order valence-electron chi connectivity index (χ3n) is 5.48. The van der Waals surface area contributed by atoms with Crippen molar-refractivity contribution in [2.24, 2.45) is 0 Å². The predicted octanol–water partition coefficient (Wildman–Crippen LogP) is 1.52. The van der Waals surface area contributed by atoms with Gasteiger partial charge >= 0.3 is 0 Å². The molecule has 8 nitrogen and oxygen atoms in total. The van der Waals surface area contributed by atoms with Gasteiger partial charge in [-0.15, -0.1) is 5.10 Å². The molecule has 28 heavy (non-hydrogen) atoms. The standard InChI is InChI=1S/C20H25N7O/c1-13-6-4-5-7-17(13)25-8-10-26(11-9-25)18(28)12-16-14(2)22-20-23-19(21)24-27(20)15(16)3/h4-7H,8-12H2,1-3H3,(H2,21,24). The van der Waals surface area contributed by atoms with Gasteiger partial charge in [0.15, 0.2) is 0 Å². The molecule has 0 aliphatic carbocycles. The lowest BCUT2D eigenvalue weighted by Gasteiger charge is -2.37. The maximum Gasteiger partial charge on any atom is 0.254 e. The first-order valence-corrected chi connectivity index (χ1v) is 9.50. The maximum atomic E-state index is 12.9. The van der Waals surface area contributed by atoms with Crippen LogP contribution in [0.4, 0.5) is 11.6 Å². The van der Waals surface area contributed by atoms with Crippen LogP contribution in [0, 0.1) is 20.8 Å². The molecule has 1 saturated heterocycles. The molecule has 3 heterocycles. The monoisotopic (exact) mass is 379 g/mol. The summed E-state index contributed by atoms with van der Waals surface area (Å²) in [5, 5.41) is 4.18. The average molecular weight is 379 g/mol. The lowest BCUT2D eigenvalue weighted by atomic mass is 10.1. The van der Waals surface area contributed by atoms with Gasteiger partial charge in [0.1, 0.15) is 0 Å². The summed E-state index contributed by atoms with van der Waals surface area (Å²) in [6.07, 6.45) is 0.310. The highest BCUT2D eigenvalue weighted by atomic mass is 16.2. The molecule has 0 atom stereocenters. The maximum absolute atomic E-state index is 12.9. The van der Waals surface area contributed by atoms with Crippen LogP contribution in [0.1, 0.15) is 22.5 Å². The van der Waals surface area contributed by atoms with Gasteiger partial charge in [0.25, 0.3) is 5.78 Å². The highest BCUT2D eigenvalue weighted by Gasteiger charge is 2.24. The van der Waals surface area contributed by atoms with Gasteiger partial charge in [0.2, 0.25) is 11.9 Å². The molecule has 1 amide bonds. The number of hydrogen-bond acceptors (Lipinski definition) is 6. The molecular formula is C20H25N7O. The summed E-state index contributed by atoms with van der Waals surface area (Å²) in [6.45, 7) is 9.06. The number of carbonyl (C=O) groups is 1. The number of rotatable bonds is 3. The molecule has 2 N–H and O–H groups in total. The van der Waals surface area contributed by atoms with Crippen molar-refractivity contribution in [3.63, 3.8) is 0 Å². The smallest absolute Gasteiger partial charge is 0.254 e. The van der Waals surface area contributed by atoms with Crippen molar-refractivity contribution in [3.05, 3.63) is 46.8 Å². The molecule has 1 aliphatic heterocycles. The first-order valence-electron chi connectivity index (χ1n) is 9.50. The van der Waals surface area contributed by atoms with E-state index >= 15 is 0 Å². The quantitative estimate of drug-likeness (QED) is 0.742. The summed E-state index contributed by atoms with van der Waals surface area (Å²) in [4.78, 5) is 25.8. The third-order valence-corrected chi connectivity index (χ3v) is 5.48. The summed E-state index contributed by atoms with van der Waals surface area (Å²) in [5.74, 6) is 0.770. The van der Waals surface area contributed by atoms with E-state index in [1.165, 1.54) is 11.3 Å². The number of fused-ring (bicyclic) bond motifs is 1. The second-order valence-corrected chi connectivity index (χ2v) is 7.27. The van der Waals surface area contributed by atoms with E-state index < -0.39 is 0 Å². The molecule has 0 bridgehead atoms. The van der Waals surface area contributed by atoms with Gasteiger partial charge in [-0.25, -0.2) is 4.98 Å².